The van der Waals surface area contributed by atoms with Crippen molar-refractivity contribution < 1.29 is 14.9 Å². The van der Waals surface area contributed by atoms with E-state index in [1.165, 1.54) is 0 Å². The van der Waals surface area contributed by atoms with Crippen LogP contribution in [0.15, 0.2) is 82.6 Å². The predicted octanol–water partition coefficient (Wildman–Crippen LogP) is 5.50. The third-order valence-electron chi connectivity index (χ3n) is 5.08. The average molecular weight is 494 g/mol. The second-order valence-corrected chi connectivity index (χ2v) is 9.19. The van der Waals surface area contributed by atoms with Crippen molar-refractivity contribution in [3.63, 3.8) is 0 Å². The van der Waals surface area contributed by atoms with Gasteiger partial charge in [-0.15, -0.1) is 12.4 Å². The van der Waals surface area contributed by atoms with Crippen LogP contribution in [-0.2, 0) is 13.0 Å². The third kappa shape index (κ3) is 8.00. The van der Waals surface area contributed by atoms with Crippen molar-refractivity contribution in [1.29, 1.82) is 0 Å². The highest BCUT2D eigenvalue weighted by atomic mass is 35.5. The van der Waals surface area contributed by atoms with Crippen LogP contribution in [0.3, 0.4) is 0 Å². The van der Waals surface area contributed by atoms with E-state index in [0.29, 0.717) is 18.1 Å². The predicted molar refractivity (Wildman–Crippen MR) is 134 cm³/mol. The summed E-state index contributed by atoms with van der Waals surface area (Å²) in [5.41, 5.74) is 7.17. The summed E-state index contributed by atoms with van der Waals surface area (Å²) in [5.74, 6) is 0.836. The molecular formula is C25H29Cl2NO3S. The molecule has 4 nitrogen and oxygen atoms in total. The molecule has 0 atom stereocenters. The number of aliphatic hydroxyl groups is 2. The Hall–Kier alpha value is -1.73. The standard InChI is InChI=1S/C25H28ClNO3S.ClH/c26-24-15-23(11-8-20(24)7-4-14-25(27,17-28)18-29)31-22-12-9-21(10-13-22)30-16-19-5-2-1-3-6-19;/h1-3,5-6,8-13,15,28-29H,4,7,14,16-18,27H2;1H. The lowest BCUT2D eigenvalue weighted by Crippen LogP contribution is -2.47. The summed E-state index contributed by atoms with van der Waals surface area (Å²) in [6.45, 7) is 0.0814. The maximum atomic E-state index is 9.29. The number of benzene rings is 3. The molecule has 3 aromatic carbocycles. The molecule has 4 N–H and O–H groups in total. The maximum absolute atomic E-state index is 9.29. The molecule has 0 saturated heterocycles. The minimum absolute atomic E-state index is 0. The lowest BCUT2D eigenvalue weighted by atomic mass is 9.94. The van der Waals surface area contributed by atoms with Crippen molar-refractivity contribution in [2.75, 3.05) is 13.2 Å². The molecule has 0 amide bonds. The topological polar surface area (TPSA) is 75.7 Å². The summed E-state index contributed by atoms with van der Waals surface area (Å²) in [6, 6.07) is 24.2. The molecule has 0 spiro atoms. The molecule has 32 heavy (non-hydrogen) atoms. The summed E-state index contributed by atoms with van der Waals surface area (Å²) < 4.78 is 5.84. The zero-order valence-electron chi connectivity index (χ0n) is 17.7. The van der Waals surface area contributed by atoms with Crippen LogP contribution in [0.4, 0.5) is 0 Å². The molecule has 0 fully saturated rings. The molecular weight excluding hydrogens is 465 g/mol. The number of aliphatic hydroxyl groups excluding tert-OH is 2. The van der Waals surface area contributed by atoms with Gasteiger partial charge >= 0.3 is 0 Å². The summed E-state index contributed by atoms with van der Waals surface area (Å²) in [6.07, 6.45) is 2.02. The molecule has 0 aromatic heterocycles. The first-order valence-corrected chi connectivity index (χ1v) is 11.4. The van der Waals surface area contributed by atoms with Crippen molar-refractivity contribution in [3.8, 4) is 5.75 Å². The minimum Gasteiger partial charge on any atom is -0.489 e. The van der Waals surface area contributed by atoms with Gasteiger partial charge in [-0.05, 0) is 66.8 Å². The van der Waals surface area contributed by atoms with Crippen LogP contribution in [0.1, 0.15) is 24.0 Å². The van der Waals surface area contributed by atoms with Gasteiger partial charge in [0.2, 0.25) is 0 Å². The van der Waals surface area contributed by atoms with Gasteiger partial charge in [-0.25, -0.2) is 0 Å². The highest BCUT2D eigenvalue weighted by molar-refractivity contribution is 7.99. The highest BCUT2D eigenvalue weighted by Gasteiger charge is 2.22. The Labute approximate surface area is 205 Å². The molecule has 3 aromatic rings. The first-order valence-electron chi connectivity index (χ1n) is 10.2. The van der Waals surface area contributed by atoms with Gasteiger partial charge in [-0.3, -0.25) is 0 Å². The number of ether oxygens (including phenoxy) is 1. The van der Waals surface area contributed by atoms with Crippen molar-refractivity contribution in [1.82, 2.24) is 0 Å². The molecule has 0 aliphatic rings. The van der Waals surface area contributed by atoms with Crippen LogP contribution in [0.25, 0.3) is 0 Å². The third-order valence-corrected chi connectivity index (χ3v) is 6.43. The lowest BCUT2D eigenvalue weighted by Gasteiger charge is -2.24. The van der Waals surface area contributed by atoms with Gasteiger partial charge in [0.05, 0.1) is 18.8 Å². The largest absolute Gasteiger partial charge is 0.489 e. The Morgan fingerprint density at radius 1 is 0.906 bits per heavy atom. The lowest BCUT2D eigenvalue weighted by molar-refractivity contribution is 0.113. The maximum Gasteiger partial charge on any atom is 0.119 e. The van der Waals surface area contributed by atoms with E-state index >= 15 is 0 Å². The SMILES string of the molecule is Cl.NC(CO)(CO)CCCc1ccc(Sc2ccc(OCc3ccccc3)cc2)cc1Cl. The smallest absolute Gasteiger partial charge is 0.119 e. The molecule has 0 unspecified atom stereocenters. The molecule has 0 heterocycles. The second-order valence-electron chi connectivity index (χ2n) is 7.63. The first-order chi connectivity index (χ1) is 15.0. The Bertz CT molecular complexity index is 951. The number of hydrogen-bond donors (Lipinski definition) is 3. The van der Waals surface area contributed by atoms with Gasteiger partial charge in [-0.2, -0.15) is 0 Å². The molecule has 0 bridgehead atoms. The normalized spacial score (nSPS) is 11.1. The Balaban J connectivity index is 0.00000363. The summed E-state index contributed by atoms with van der Waals surface area (Å²) in [7, 11) is 0. The van der Waals surface area contributed by atoms with E-state index in [1.54, 1.807) is 11.8 Å². The number of aryl methyl sites for hydroxylation is 1. The number of hydrogen-bond acceptors (Lipinski definition) is 5. The monoisotopic (exact) mass is 493 g/mol. The van der Waals surface area contributed by atoms with Crippen LogP contribution < -0.4 is 10.5 Å². The molecule has 7 heteroatoms. The van der Waals surface area contributed by atoms with Gasteiger partial charge in [-0.1, -0.05) is 59.8 Å². The van der Waals surface area contributed by atoms with E-state index in [4.69, 9.17) is 22.1 Å². The minimum atomic E-state index is -0.931. The zero-order chi connectivity index (χ0) is 22.1. The average Bonchev–Trinajstić information content (AvgIpc) is 2.80. The fourth-order valence-corrected chi connectivity index (χ4v) is 4.31. The molecule has 3 rings (SSSR count). The van der Waals surface area contributed by atoms with Crippen LogP contribution >= 0.6 is 35.8 Å². The van der Waals surface area contributed by atoms with E-state index in [9.17, 15) is 10.2 Å². The van der Waals surface area contributed by atoms with Gasteiger partial charge in [0.1, 0.15) is 12.4 Å². The van der Waals surface area contributed by atoms with Gasteiger partial charge in [0, 0.05) is 14.8 Å². The summed E-state index contributed by atoms with van der Waals surface area (Å²) in [5, 5.41) is 19.3. The number of rotatable bonds is 11. The Kier molecular flexibility index (Phi) is 10.9. The number of nitrogens with two attached hydrogens (primary N) is 1. The highest BCUT2D eigenvalue weighted by Crippen LogP contribution is 2.32. The van der Waals surface area contributed by atoms with Gasteiger partial charge in [0.25, 0.3) is 0 Å². The van der Waals surface area contributed by atoms with E-state index in [-0.39, 0.29) is 25.6 Å². The molecule has 0 aliphatic heterocycles. The van der Waals surface area contributed by atoms with E-state index in [2.05, 4.69) is 6.07 Å². The summed E-state index contributed by atoms with van der Waals surface area (Å²) >= 11 is 8.12. The quantitative estimate of drug-likeness (QED) is 0.328. The second kappa shape index (κ2) is 13.1. The first kappa shape index (κ1) is 26.5. The molecule has 0 saturated carbocycles. The van der Waals surface area contributed by atoms with Gasteiger partial charge in [0.15, 0.2) is 0 Å². The van der Waals surface area contributed by atoms with Crippen LogP contribution in [-0.4, -0.2) is 29.0 Å². The molecule has 0 aliphatic carbocycles. The Morgan fingerprint density at radius 3 is 2.19 bits per heavy atom. The van der Waals surface area contributed by atoms with Gasteiger partial charge < -0.3 is 20.7 Å². The van der Waals surface area contributed by atoms with Crippen LogP contribution in [0.5, 0.6) is 5.75 Å². The number of halogens is 2. The van der Waals surface area contributed by atoms with Crippen LogP contribution in [0.2, 0.25) is 5.02 Å². The van der Waals surface area contributed by atoms with Crippen LogP contribution in [0, 0.1) is 0 Å². The zero-order valence-corrected chi connectivity index (χ0v) is 20.1. The Morgan fingerprint density at radius 2 is 1.56 bits per heavy atom. The van der Waals surface area contributed by atoms with Crippen molar-refractivity contribution in [3.05, 3.63) is 88.9 Å². The van der Waals surface area contributed by atoms with Crippen molar-refractivity contribution in [2.24, 2.45) is 5.73 Å². The molecule has 0 radical (unpaired) electrons. The fraction of sp³-hybridized carbons (Fsp3) is 0.280. The van der Waals surface area contributed by atoms with E-state index in [1.807, 2.05) is 66.7 Å². The van der Waals surface area contributed by atoms with E-state index < -0.39 is 5.54 Å². The van der Waals surface area contributed by atoms with Crippen molar-refractivity contribution in [2.45, 2.75) is 41.2 Å². The molecule has 172 valence electrons. The van der Waals surface area contributed by atoms with Crippen molar-refractivity contribution >= 4 is 35.8 Å². The fourth-order valence-electron chi connectivity index (χ4n) is 3.11. The summed E-state index contributed by atoms with van der Waals surface area (Å²) in [4.78, 5) is 2.17. The van der Waals surface area contributed by atoms with E-state index in [0.717, 1.165) is 39.5 Å².